The Balaban J connectivity index is 1.80. The molecule has 1 N–H and O–H groups in total. The number of hydrogen-bond acceptors (Lipinski definition) is 5. The van der Waals surface area contributed by atoms with Gasteiger partial charge in [-0.2, -0.15) is 5.26 Å². The van der Waals surface area contributed by atoms with E-state index in [9.17, 15) is 4.91 Å². The van der Waals surface area contributed by atoms with Gasteiger partial charge < -0.3 is 4.98 Å². The van der Waals surface area contributed by atoms with Crippen LogP contribution in [0.5, 0.6) is 0 Å². The van der Waals surface area contributed by atoms with Crippen molar-refractivity contribution in [3.8, 4) is 6.07 Å². The second kappa shape index (κ2) is 4.39. The van der Waals surface area contributed by atoms with Gasteiger partial charge in [0.25, 0.3) is 0 Å². The molecule has 3 heterocycles. The van der Waals surface area contributed by atoms with Crippen molar-refractivity contribution in [3.63, 3.8) is 0 Å². The zero-order valence-electron chi connectivity index (χ0n) is 11.7. The van der Waals surface area contributed by atoms with Crippen LogP contribution >= 0.6 is 10.2 Å². The van der Waals surface area contributed by atoms with Gasteiger partial charge in [-0.25, -0.2) is 4.98 Å². The summed E-state index contributed by atoms with van der Waals surface area (Å²) >= 11 is 0. The molecule has 1 aromatic carbocycles. The minimum absolute atomic E-state index is 0.582. The number of nitroso groups, excluding NO2 is 1. The van der Waals surface area contributed by atoms with Crippen LogP contribution in [0, 0.1) is 16.2 Å². The summed E-state index contributed by atoms with van der Waals surface area (Å²) < 4.78 is 3.19. The molecule has 7 heteroatoms. The number of nitrogens with zero attached hydrogens (tertiary/aromatic N) is 4. The van der Waals surface area contributed by atoms with E-state index in [1.165, 1.54) is 0 Å². The van der Waals surface area contributed by atoms with Gasteiger partial charge >= 0.3 is 0 Å². The Morgan fingerprint density at radius 1 is 1.45 bits per heavy atom. The zero-order chi connectivity index (χ0) is 15.3. The third-order valence-electron chi connectivity index (χ3n) is 3.83. The summed E-state index contributed by atoms with van der Waals surface area (Å²) in [6.45, 7) is 0. The zero-order valence-corrected chi connectivity index (χ0v) is 12.5. The molecule has 0 saturated heterocycles. The van der Waals surface area contributed by atoms with Crippen molar-refractivity contribution in [2.24, 2.45) is 4.58 Å². The molecule has 0 fully saturated rings. The van der Waals surface area contributed by atoms with Crippen molar-refractivity contribution in [2.75, 3.05) is 6.26 Å². The fraction of sp³-hybridized carbons (Fsp3) is 0.133. The molecule has 4 rings (SSSR count). The molecular formula is C15H11N5OS. The van der Waals surface area contributed by atoms with E-state index in [0.29, 0.717) is 12.0 Å². The molecule has 2 aromatic heterocycles. The number of rotatable bonds is 3. The molecule has 1 unspecified atom stereocenters. The lowest BCUT2D eigenvalue weighted by atomic mass is 10.1. The summed E-state index contributed by atoms with van der Waals surface area (Å²) in [7, 11) is -1.50. The smallest absolute Gasteiger partial charge is 0.112 e. The highest BCUT2D eigenvalue weighted by atomic mass is 32.3. The number of H-pyrrole nitrogens is 1. The Morgan fingerprint density at radius 2 is 2.32 bits per heavy atom. The number of fused-ring (bicyclic) bond motifs is 3. The number of hydrogen-bond donors (Lipinski definition) is 1. The van der Waals surface area contributed by atoms with Crippen LogP contribution in [-0.2, 0) is 6.42 Å². The van der Waals surface area contributed by atoms with Gasteiger partial charge in [0.05, 0.1) is 34.4 Å². The maximum absolute atomic E-state index is 10.8. The number of nitrogens with one attached hydrogen (secondary N) is 1. The summed E-state index contributed by atoms with van der Waals surface area (Å²) in [5.74, 6) is 0.790. The Labute approximate surface area is 127 Å². The van der Waals surface area contributed by atoms with Gasteiger partial charge in [-0.15, -0.1) is 4.91 Å². The van der Waals surface area contributed by atoms with Crippen molar-refractivity contribution in [1.82, 2.24) is 15.0 Å². The number of imidazole rings is 1. The van der Waals surface area contributed by atoms with E-state index in [2.05, 4.69) is 25.6 Å². The Bertz CT molecular complexity index is 1020. The van der Waals surface area contributed by atoms with Crippen LogP contribution < -0.4 is 0 Å². The number of benzene rings is 1. The molecule has 108 valence electrons. The van der Waals surface area contributed by atoms with Gasteiger partial charge in [0.2, 0.25) is 0 Å². The summed E-state index contributed by atoms with van der Waals surface area (Å²) in [6, 6.07) is 7.50. The lowest BCUT2D eigenvalue weighted by Gasteiger charge is -2.03. The normalized spacial score (nSPS) is 22.8. The number of allylic oxidation sites excluding steroid dienone is 1. The maximum Gasteiger partial charge on any atom is 0.112 e. The molecular weight excluding hydrogens is 298 g/mol. The quantitative estimate of drug-likeness (QED) is 0.749. The summed E-state index contributed by atoms with van der Waals surface area (Å²) in [6.07, 6.45) is 4.21. The highest BCUT2D eigenvalue weighted by molar-refractivity contribution is 8.42. The van der Waals surface area contributed by atoms with E-state index in [-0.39, 0.29) is 0 Å². The second-order valence-electron chi connectivity index (χ2n) is 5.32. The third kappa shape index (κ3) is 1.89. The fourth-order valence-corrected chi connectivity index (χ4v) is 4.05. The van der Waals surface area contributed by atoms with E-state index >= 15 is 0 Å². The van der Waals surface area contributed by atoms with E-state index < -0.39 is 10.2 Å². The second-order valence-corrected chi connectivity index (χ2v) is 8.10. The first-order chi connectivity index (χ1) is 10.6. The summed E-state index contributed by atoms with van der Waals surface area (Å²) in [4.78, 5) is 24.1. The molecule has 0 bridgehead atoms. The first-order valence-electron chi connectivity index (χ1n) is 6.64. The lowest BCUT2D eigenvalue weighted by Crippen LogP contribution is -1.87. The Kier molecular flexibility index (Phi) is 2.59. The van der Waals surface area contributed by atoms with Crippen molar-refractivity contribution in [3.05, 3.63) is 51.0 Å². The average Bonchev–Trinajstić information content (AvgIpc) is 3.00. The molecule has 0 spiro atoms. The van der Waals surface area contributed by atoms with Crippen LogP contribution in [0.4, 0.5) is 0 Å². The molecule has 1 aliphatic heterocycles. The monoisotopic (exact) mass is 309 g/mol. The highest BCUT2D eigenvalue weighted by Gasteiger charge is 2.36. The minimum Gasteiger partial charge on any atom is -0.340 e. The van der Waals surface area contributed by atoms with Gasteiger partial charge in [0, 0.05) is 16.7 Å². The van der Waals surface area contributed by atoms with Crippen LogP contribution in [0.25, 0.3) is 21.9 Å². The van der Waals surface area contributed by atoms with E-state index in [1.807, 2.05) is 17.7 Å². The predicted octanol–water partition coefficient (Wildman–Crippen LogP) is 3.50. The van der Waals surface area contributed by atoms with Gasteiger partial charge in [0.1, 0.15) is 5.82 Å². The van der Waals surface area contributed by atoms with Crippen molar-refractivity contribution in [1.29, 1.82) is 5.26 Å². The van der Waals surface area contributed by atoms with Crippen LogP contribution in [0.2, 0.25) is 0 Å². The maximum atomic E-state index is 10.8. The third-order valence-corrected chi connectivity index (χ3v) is 5.95. The number of aromatic amines is 1. The number of pyridine rings is 1. The molecule has 0 radical (unpaired) electrons. The van der Waals surface area contributed by atoms with Crippen molar-refractivity contribution < 1.29 is 0 Å². The van der Waals surface area contributed by atoms with Gasteiger partial charge in [-0.05, 0) is 34.4 Å². The van der Waals surface area contributed by atoms with Crippen molar-refractivity contribution >= 4 is 32.2 Å². The minimum atomic E-state index is -1.50. The van der Waals surface area contributed by atoms with E-state index in [0.717, 1.165) is 32.7 Å². The SMILES string of the molecule is CS1(N=O)C=C1Cc1nc2c(cnc3ccc(C#N)cc32)[nH]1. The van der Waals surface area contributed by atoms with Crippen LogP contribution in [0.15, 0.2) is 39.3 Å². The summed E-state index contributed by atoms with van der Waals surface area (Å²) in [5, 5.41) is 11.8. The number of aromatic nitrogens is 3. The molecule has 22 heavy (non-hydrogen) atoms. The molecule has 0 aliphatic carbocycles. The van der Waals surface area contributed by atoms with Crippen LogP contribution in [-0.4, -0.2) is 21.2 Å². The van der Waals surface area contributed by atoms with Crippen molar-refractivity contribution in [2.45, 2.75) is 6.42 Å². The average molecular weight is 309 g/mol. The lowest BCUT2D eigenvalue weighted by molar-refractivity contribution is 1.07. The molecule has 3 aromatic rings. The standard InChI is InChI=1S/C15H11N5OS/c1-22(20-21)8-10(22)5-14-18-13-7-17-12-3-2-9(6-16)4-11(12)15(13)19-14/h2-4,7-8H,5H2,1H3,(H,18,19). The topological polar surface area (TPSA) is 94.8 Å². The summed E-state index contributed by atoms with van der Waals surface area (Å²) in [5.41, 5.74) is 3.02. The first kappa shape index (κ1) is 13.0. The highest BCUT2D eigenvalue weighted by Crippen LogP contribution is 2.69. The molecule has 1 aliphatic rings. The van der Waals surface area contributed by atoms with Gasteiger partial charge in [-0.3, -0.25) is 4.98 Å². The molecule has 1 atom stereocenters. The Morgan fingerprint density at radius 3 is 3.05 bits per heavy atom. The predicted molar refractivity (Wildman–Crippen MR) is 87.2 cm³/mol. The largest absolute Gasteiger partial charge is 0.340 e. The van der Waals surface area contributed by atoms with Gasteiger partial charge in [0.15, 0.2) is 0 Å². The van der Waals surface area contributed by atoms with Gasteiger partial charge in [-0.1, -0.05) is 10.2 Å². The van der Waals surface area contributed by atoms with E-state index in [4.69, 9.17) is 5.26 Å². The number of nitriles is 1. The first-order valence-corrected chi connectivity index (χ1v) is 8.70. The van der Waals surface area contributed by atoms with Crippen LogP contribution in [0.1, 0.15) is 11.4 Å². The molecule has 0 amide bonds. The molecule has 0 saturated carbocycles. The fourth-order valence-electron chi connectivity index (χ4n) is 2.52. The Hall–Kier alpha value is -2.72. The molecule has 6 nitrogen and oxygen atoms in total. The van der Waals surface area contributed by atoms with E-state index in [1.54, 1.807) is 18.3 Å². The van der Waals surface area contributed by atoms with Crippen LogP contribution in [0.3, 0.4) is 0 Å².